The molecule has 2 aromatic rings. The first kappa shape index (κ1) is 24.4. The lowest BCUT2D eigenvalue weighted by Gasteiger charge is -2.30. The number of benzene rings is 2. The summed E-state index contributed by atoms with van der Waals surface area (Å²) in [5.74, 6) is 1.80. The summed E-state index contributed by atoms with van der Waals surface area (Å²) in [5.41, 5.74) is 13.7. The minimum atomic E-state index is 0.572. The second kappa shape index (κ2) is 9.97. The van der Waals surface area contributed by atoms with E-state index >= 15 is 0 Å². The van der Waals surface area contributed by atoms with E-state index < -0.39 is 0 Å². The lowest BCUT2D eigenvalue weighted by Crippen LogP contribution is -2.17. The molecular weight excluding hydrogens is 434 g/mol. The molecule has 0 heterocycles. The van der Waals surface area contributed by atoms with Crippen LogP contribution in [0.3, 0.4) is 0 Å². The highest BCUT2D eigenvalue weighted by Gasteiger charge is 2.33. The van der Waals surface area contributed by atoms with Crippen molar-refractivity contribution >= 4 is 22.5 Å². The molecule has 0 amide bonds. The highest BCUT2D eigenvalue weighted by atomic mass is 15.1. The molecule has 0 bridgehead atoms. The van der Waals surface area contributed by atoms with Crippen molar-refractivity contribution in [2.45, 2.75) is 53.9 Å². The van der Waals surface area contributed by atoms with E-state index in [0.29, 0.717) is 17.8 Å². The van der Waals surface area contributed by atoms with Gasteiger partial charge in [0.2, 0.25) is 0 Å². The van der Waals surface area contributed by atoms with E-state index in [-0.39, 0.29) is 0 Å². The molecular formula is C35H39N. The molecule has 0 aliphatic heterocycles. The maximum Gasteiger partial charge on any atom is 0.0470 e. The third-order valence-corrected chi connectivity index (χ3v) is 7.97. The molecule has 36 heavy (non-hydrogen) atoms. The number of anilines is 2. The van der Waals surface area contributed by atoms with E-state index in [1.54, 1.807) is 11.1 Å². The molecule has 0 radical (unpaired) electrons. The summed E-state index contributed by atoms with van der Waals surface area (Å²) < 4.78 is 0. The average molecular weight is 474 g/mol. The summed E-state index contributed by atoms with van der Waals surface area (Å²) in [6, 6.07) is 15.6. The topological polar surface area (TPSA) is 3.24 Å². The highest BCUT2D eigenvalue weighted by Crippen LogP contribution is 2.50. The second-order valence-corrected chi connectivity index (χ2v) is 11.2. The predicted octanol–water partition coefficient (Wildman–Crippen LogP) is 9.83. The predicted molar refractivity (Wildman–Crippen MR) is 157 cm³/mol. The maximum atomic E-state index is 4.43. The number of allylic oxidation sites excluding steroid dienone is 10. The van der Waals surface area contributed by atoms with Gasteiger partial charge in [-0.15, -0.1) is 0 Å². The van der Waals surface area contributed by atoms with Gasteiger partial charge in [-0.3, -0.25) is 0 Å². The van der Waals surface area contributed by atoms with Crippen molar-refractivity contribution in [1.82, 2.24) is 0 Å². The molecule has 0 N–H and O–H groups in total. The van der Waals surface area contributed by atoms with E-state index in [1.807, 2.05) is 0 Å². The molecule has 0 fully saturated rings. The van der Waals surface area contributed by atoms with E-state index in [2.05, 4.69) is 125 Å². The van der Waals surface area contributed by atoms with Crippen molar-refractivity contribution in [1.29, 1.82) is 0 Å². The first-order chi connectivity index (χ1) is 17.3. The first-order valence-electron chi connectivity index (χ1n) is 13.5. The number of hydrogen-bond acceptors (Lipinski definition) is 1. The summed E-state index contributed by atoms with van der Waals surface area (Å²) in [6.07, 6.45) is 16.6. The molecule has 1 atom stereocenters. The minimum absolute atomic E-state index is 0.572. The first-order valence-corrected chi connectivity index (χ1v) is 13.5. The van der Waals surface area contributed by atoms with Crippen molar-refractivity contribution in [2.24, 2.45) is 17.8 Å². The Kier molecular flexibility index (Phi) is 6.75. The Morgan fingerprint density at radius 3 is 2.44 bits per heavy atom. The third-order valence-electron chi connectivity index (χ3n) is 7.97. The van der Waals surface area contributed by atoms with Crippen LogP contribution in [0.5, 0.6) is 0 Å². The number of rotatable bonds is 6. The molecule has 0 spiro atoms. The lowest BCUT2D eigenvalue weighted by atomic mass is 9.76. The molecule has 1 heteroatoms. The monoisotopic (exact) mass is 473 g/mol. The smallest absolute Gasteiger partial charge is 0.0470 e. The molecule has 0 saturated carbocycles. The normalized spacial score (nSPS) is 18.7. The van der Waals surface area contributed by atoms with Crippen LogP contribution in [-0.4, -0.2) is 0 Å². The van der Waals surface area contributed by atoms with E-state index in [0.717, 1.165) is 18.4 Å². The number of para-hydroxylation sites is 1. The van der Waals surface area contributed by atoms with Gasteiger partial charge in [-0.1, -0.05) is 94.0 Å². The van der Waals surface area contributed by atoms with Crippen LogP contribution in [0.2, 0.25) is 0 Å². The quantitative estimate of drug-likeness (QED) is 0.403. The van der Waals surface area contributed by atoms with Crippen molar-refractivity contribution in [3.8, 4) is 0 Å². The summed E-state index contributed by atoms with van der Waals surface area (Å²) in [7, 11) is 0. The Morgan fingerprint density at radius 2 is 1.75 bits per heavy atom. The molecule has 3 aliphatic carbocycles. The van der Waals surface area contributed by atoms with Gasteiger partial charge in [0.1, 0.15) is 0 Å². The van der Waals surface area contributed by atoms with Crippen LogP contribution in [0.4, 0.5) is 11.4 Å². The molecule has 2 aromatic carbocycles. The van der Waals surface area contributed by atoms with Gasteiger partial charge in [0, 0.05) is 23.5 Å². The molecule has 1 unspecified atom stereocenters. The Balaban J connectivity index is 1.74. The van der Waals surface area contributed by atoms with Crippen molar-refractivity contribution in [3.63, 3.8) is 0 Å². The Labute approximate surface area is 217 Å². The Hall–Kier alpha value is -3.32. The minimum Gasteiger partial charge on any atom is -0.314 e. The fourth-order valence-electron chi connectivity index (χ4n) is 5.96. The SMILES string of the molecule is C=C(C)c1cc(N(C2=CC=CC=CC2)c2ccccc2)cc2c1CC1=C(C(C)C)CC(C(C)C)C=C12. The van der Waals surface area contributed by atoms with Crippen LogP contribution in [-0.2, 0) is 6.42 Å². The van der Waals surface area contributed by atoms with Crippen LogP contribution in [0, 0.1) is 17.8 Å². The molecule has 184 valence electrons. The molecule has 3 aliphatic rings. The molecule has 5 rings (SSSR count). The lowest BCUT2D eigenvalue weighted by molar-refractivity contribution is 0.442. The van der Waals surface area contributed by atoms with Gasteiger partial charge < -0.3 is 4.90 Å². The zero-order valence-electron chi connectivity index (χ0n) is 22.5. The Morgan fingerprint density at radius 1 is 0.972 bits per heavy atom. The molecule has 0 aromatic heterocycles. The molecule has 1 nitrogen and oxygen atoms in total. The summed E-state index contributed by atoms with van der Waals surface area (Å²) in [5, 5.41) is 0. The number of fused-ring (bicyclic) bond motifs is 3. The van der Waals surface area contributed by atoms with Crippen molar-refractivity contribution in [2.75, 3.05) is 4.90 Å². The zero-order chi connectivity index (χ0) is 25.4. The van der Waals surface area contributed by atoms with Crippen LogP contribution in [0.15, 0.2) is 102 Å². The van der Waals surface area contributed by atoms with Crippen LogP contribution in [0.1, 0.15) is 64.2 Å². The van der Waals surface area contributed by atoms with E-state index in [1.165, 1.54) is 45.8 Å². The van der Waals surface area contributed by atoms with Crippen LogP contribution < -0.4 is 4.90 Å². The fraction of sp³-hybridized carbons (Fsp3) is 0.314. The van der Waals surface area contributed by atoms with E-state index in [4.69, 9.17) is 0 Å². The average Bonchev–Trinajstić information content (AvgIpc) is 3.02. The van der Waals surface area contributed by atoms with Gasteiger partial charge in [-0.05, 0) is 95.7 Å². The second-order valence-electron chi connectivity index (χ2n) is 11.2. The van der Waals surface area contributed by atoms with Crippen molar-refractivity contribution in [3.05, 3.63) is 119 Å². The molecule has 0 saturated heterocycles. The van der Waals surface area contributed by atoms with Crippen LogP contribution >= 0.6 is 0 Å². The van der Waals surface area contributed by atoms with Gasteiger partial charge in [0.05, 0.1) is 0 Å². The Bertz CT molecular complexity index is 1320. The summed E-state index contributed by atoms with van der Waals surface area (Å²) >= 11 is 0. The van der Waals surface area contributed by atoms with E-state index in [9.17, 15) is 0 Å². The summed E-state index contributed by atoms with van der Waals surface area (Å²) in [4.78, 5) is 2.43. The van der Waals surface area contributed by atoms with Gasteiger partial charge in [-0.2, -0.15) is 0 Å². The third kappa shape index (κ3) is 4.48. The van der Waals surface area contributed by atoms with Gasteiger partial charge in [-0.25, -0.2) is 0 Å². The number of nitrogens with zero attached hydrogens (tertiary/aromatic N) is 1. The zero-order valence-corrected chi connectivity index (χ0v) is 22.5. The fourth-order valence-corrected chi connectivity index (χ4v) is 5.96. The van der Waals surface area contributed by atoms with Gasteiger partial charge >= 0.3 is 0 Å². The van der Waals surface area contributed by atoms with Crippen LogP contribution in [0.25, 0.3) is 11.1 Å². The highest BCUT2D eigenvalue weighted by molar-refractivity contribution is 5.93. The van der Waals surface area contributed by atoms with Crippen molar-refractivity contribution < 1.29 is 0 Å². The number of hydrogen-bond donors (Lipinski definition) is 0. The maximum absolute atomic E-state index is 4.43. The van der Waals surface area contributed by atoms with Gasteiger partial charge in [0.15, 0.2) is 0 Å². The summed E-state index contributed by atoms with van der Waals surface area (Å²) in [6.45, 7) is 16.1. The largest absolute Gasteiger partial charge is 0.314 e. The standard InChI is InChI=1S/C35H39N/c1-23(2)26-18-30(24(3)4)34-22-35-31(25(5)6)20-29(21-33(35)32(34)19-26)36(28-16-12-9-13-17-28)27-14-10-7-8-11-15-27/h7-14,16-17,19-21,23-24,26H,5,15,18,22H2,1-4,6H3. The van der Waals surface area contributed by atoms with Gasteiger partial charge in [0.25, 0.3) is 0 Å².